The summed E-state index contributed by atoms with van der Waals surface area (Å²) in [6.07, 6.45) is 1.81. The first-order valence-corrected chi connectivity index (χ1v) is 5.11. The van der Waals surface area contributed by atoms with Crippen LogP contribution in [-0.2, 0) is 0 Å². The monoisotopic (exact) mass is 188 g/mol. The Kier molecular flexibility index (Phi) is 1.61. The molecule has 0 saturated heterocycles. The van der Waals surface area contributed by atoms with Gasteiger partial charge in [-0.25, -0.2) is 0 Å². The summed E-state index contributed by atoms with van der Waals surface area (Å²) < 4.78 is 0. The lowest BCUT2D eigenvalue weighted by molar-refractivity contribution is -0.141. The van der Waals surface area contributed by atoms with Crippen molar-refractivity contribution in [3.63, 3.8) is 0 Å². The van der Waals surface area contributed by atoms with E-state index < -0.39 is 0 Å². The van der Waals surface area contributed by atoms with Gasteiger partial charge in [0.05, 0.1) is 11.0 Å². The molecule has 12 heavy (non-hydrogen) atoms. The van der Waals surface area contributed by atoms with Crippen molar-refractivity contribution < 1.29 is 5.11 Å². The molecule has 0 aliphatic heterocycles. The molecule has 2 heteroatoms. The fourth-order valence-electron chi connectivity index (χ4n) is 3.11. The largest absolute Gasteiger partial charge is 0.391 e. The molecule has 0 aromatic rings. The zero-order valence-electron chi connectivity index (χ0n) is 7.97. The van der Waals surface area contributed by atoms with Crippen molar-refractivity contribution in [2.75, 3.05) is 0 Å². The molecule has 0 aromatic heterocycles. The third-order valence-corrected chi connectivity index (χ3v) is 4.83. The van der Waals surface area contributed by atoms with Gasteiger partial charge in [0.2, 0.25) is 0 Å². The molecule has 0 unspecified atom stereocenters. The number of hydrogen-bond donors (Lipinski definition) is 1. The molecule has 2 bridgehead atoms. The lowest BCUT2D eigenvalue weighted by atomic mass is 9.45. The highest BCUT2D eigenvalue weighted by atomic mass is 35.5. The summed E-state index contributed by atoms with van der Waals surface area (Å²) in [5.41, 5.74) is 0.357. The Balaban J connectivity index is 2.27. The van der Waals surface area contributed by atoms with Gasteiger partial charge in [-0.1, -0.05) is 13.8 Å². The Hall–Kier alpha value is 0.250. The Labute approximate surface area is 79.1 Å². The molecular weight excluding hydrogens is 172 g/mol. The lowest BCUT2D eigenvalue weighted by Crippen LogP contribution is -2.63. The van der Waals surface area contributed by atoms with Crippen LogP contribution in [0, 0.1) is 17.3 Å². The molecule has 0 amide bonds. The molecule has 1 nitrogen and oxygen atoms in total. The maximum Gasteiger partial charge on any atom is 0.0734 e. The average Bonchev–Trinajstić information content (AvgIpc) is 1.93. The smallest absolute Gasteiger partial charge is 0.0734 e. The number of alkyl halides is 1. The van der Waals surface area contributed by atoms with E-state index in [0.717, 1.165) is 6.42 Å². The van der Waals surface area contributed by atoms with Crippen molar-refractivity contribution in [1.82, 2.24) is 0 Å². The van der Waals surface area contributed by atoms with Crippen molar-refractivity contribution >= 4 is 11.6 Å². The van der Waals surface area contributed by atoms with Gasteiger partial charge in [-0.05, 0) is 37.0 Å². The summed E-state index contributed by atoms with van der Waals surface area (Å²) in [6.45, 7) is 6.54. The summed E-state index contributed by atoms with van der Waals surface area (Å²) in [6, 6.07) is 0. The van der Waals surface area contributed by atoms with Crippen molar-refractivity contribution in [1.29, 1.82) is 0 Å². The quantitative estimate of drug-likeness (QED) is 0.579. The van der Waals surface area contributed by atoms with Crippen LogP contribution in [-0.4, -0.2) is 16.1 Å². The van der Waals surface area contributed by atoms with Gasteiger partial charge in [-0.15, -0.1) is 11.6 Å². The Morgan fingerprint density at radius 2 is 1.83 bits per heavy atom. The molecular formula is C10H17ClO. The molecule has 3 aliphatic carbocycles. The fourth-order valence-corrected chi connectivity index (χ4v) is 3.57. The minimum Gasteiger partial charge on any atom is -0.391 e. The summed E-state index contributed by atoms with van der Waals surface area (Å²) in [4.78, 5) is -0.377. The van der Waals surface area contributed by atoms with Crippen LogP contribution in [0.1, 0.15) is 33.6 Å². The zero-order chi connectivity index (χ0) is 9.15. The third-order valence-electron chi connectivity index (χ3n) is 4.31. The lowest BCUT2D eigenvalue weighted by Gasteiger charge is -2.64. The second-order valence-electron chi connectivity index (χ2n) is 5.21. The number of hydrogen-bond acceptors (Lipinski definition) is 1. The minimum atomic E-state index is -0.377. The normalized spacial score (nSPS) is 56.2. The van der Waals surface area contributed by atoms with Gasteiger partial charge < -0.3 is 5.11 Å². The average molecular weight is 189 g/mol. The first-order valence-electron chi connectivity index (χ1n) is 4.73. The Morgan fingerprint density at radius 1 is 1.25 bits per heavy atom. The van der Waals surface area contributed by atoms with Crippen LogP contribution in [0.3, 0.4) is 0 Å². The minimum absolute atomic E-state index is 0.295. The van der Waals surface area contributed by atoms with Gasteiger partial charge in [0.1, 0.15) is 0 Å². The van der Waals surface area contributed by atoms with Gasteiger partial charge in [0.15, 0.2) is 0 Å². The van der Waals surface area contributed by atoms with E-state index in [-0.39, 0.29) is 11.0 Å². The van der Waals surface area contributed by atoms with Crippen LogP contribution < -0.4 is 0 Å². The standard InChI is InChI=1S/C10H17ClO/c1-9(2)6-4-7(9)10(3,11)8(12)5-6/h6-8,12H,4-5H2,1-3H3/t6-,7-,8-,10-/m1/s1. The molecule has 0 heterocycles. The van der Waals surface area contributed by atoms with Crippen LogP contribution in [0.15, 0.2) is 0 Å². The van der Waals surface area contributed by atoms with E-state index in [1.165, 1.54) is 6.42 Å². The molecule has 4 atom stereocenters. The van der Waals surface area contributed by atoms with E-state index in [2.05, 4.69) is 13.8 Å². The fraction of sp³-hybridized carbons (Fsp3) is 1.00. The van der Waals surface area contributed by atoms with Crippen molar-refractivity contribution in [2.24, 2.45) is 17.3 Å². The SMILES string of the molecule is CC1(C)[C@H]2C[C@@H](O)[C@](C)(Cl)[C@@H]1C2. The molecule has 3 saturated carbocycles. The molecule has 3 aliphatic rings. The summed E-state index contributed by atoms with van der Waals surface area (Å²) >= 11 is 6.35. The van der Waals surface area contributed by atoms with E-state index >= 15 is 0 Å². The number of rotatable bonds is 0. The van der Waals surface area contributed by atoms with Gasteiger partial charge >= 0.3 is 0 Å². The summed E-state index contributed by atoms with van der Waals surface area (Å²) in [5, 5.41) is 9.74. The highest BCUT2D eigenvalue weighted by molar-refractivity contribution is 6.24. The van der Waals surface area contributed by atoms with Crippen LogP contribution in [0.5, 0.6) is 0 Å². The maximum absolute atomic E-state index is 9.74. The van der Waals surface area contributed by atoms with Crippen LogP contribution in [0.4, 0.5) is 0 Å². The zero-order valence-corrected chi connectivity index (χ0v) is 8.73. The molecule has 3 fully saturated rings. The van der Waals surface area contributed by atoms with Crippen molar-refractivity contribution in [3.05, 3.63) is 0 Å². The van der Waals surface area contributed by atoms with Gasteiger partial charge in [-0.2, -0.15) is 0 Å². The number of aliphatic hydroxyl groups is 1. The predicted molar refractivity (Wildman–Crippen MR) is 50.3 cm³/mol. The Bertz CT molecular complexity index is 210. The number of aliphatic hydroxyl groups excluding tert-OH is 1. The van der Waals surface area contributed by atoms with Gasteiger partial charge in [0, 0.05) is 0 Å². The van der Waals surface area contributed by atoms with E-state index in [1.54, 1.807) is 0 Å². The molecule has 0 radical (unpaired) electrons. The molecule has 3 rings (SSSR count). The topological polar surface area (TPSA) is 20.2 Å². The van der Waals surface area contributed by atoms with Gasteiger partial charge in [0.25, 0.3) is 0 Å². The van der Waals surface area contributed by atoms with Gasteiger partial charge in [-0.3, -0.25) is 0 Å². The highest BCUT2D eigenvalue weighted by Gasteiger charge is 2.62. The Morgan fingerprint density at radius 3 is 2.17 bits per heavy atom. The first kappa shape index (κ1) is 8.83. The van der Waals surface area contributed by atoms with Crippen LogP contribution in [0.2, 0.25) is 0 Å². The van der Waals surface area contributed by atoms with Crippen molar-refractivity contribution in [2.45, 2.75) is 44.6 Å². The summed E-state index contributed by atoms with van der Waals surface area (Å²) in [5.74, 6) is 1.20. The van der Waals surface area contributed by atoms with E-state index in [4.69, 9.17) is 11.6 Å². The number of fused-ring (bicyclic) bond motifs is 2. The maximum atomic E-state index is 9.74. The second kappa shape index (κ2) is 2.19. The molecule has 0 spiro atoms. The third kappa shape index (κ3) is 0.843. The summed E-state index contributed by atoms with van der Waals surface area (Å²) in [7, 11) is 0. The van der Waals surface area contributed by atoms with Crippen molar-refractivity contribution in [3.8, 4) is 0 Å². The number of halogens is 1. The van der Waals surface area contributed by atoms with E-state index in [9.17, 15) is 5.11 Å². The second-order valence-corrected chi connectivity index (χ2v) is 6.02. The first-order chi connectivity index (χ1) is 5.37. The van der Waals surface area contributed by atoms with Crippen LogP contribution in [0.25, 0.3) is 0 Å². The molecule has 1 N–H and O–H groups in total. The predicted octanol–water partition coefficient (Wildman–Crippen LogP) is 2.41. The molecule has 70 valence electrons. The molecule has 0 aromatic carbocycles. The van der Waals surface area contributed by atoms with E-state index in [0.29, 0.717) is 17.3 Å². The van der Waals surface area contributed by atoms with Crippen LogP contribution >= 0.6 is 11.6 Å². The van der Waals surface area contributed by atoms with E-state index in [1.807, 2.05) is 6.92 Å². The highest BCUT2D eigenvalue weighted by Crippen LogP contribution is 2.64.